The van der Waals surface area contributed by atoms with Crippen molar-refractivity contribution in [1.29, 1.82) is 0 Å². The molecule has 2 atom stereocenters. The third-order valence-corrected chi connectivity index (χ3v) is 10.6. The van der Waals surface area contributed by atoms with Gasteiger partial charge in [0.1, 0.15) is 0 Å². The van der Waals surface area contributed by atoms with E-state index in [1.807, 2.05) is 33.8 Å². The summed E-state index contributed by atoms with van der Waals surface area (Å²) in [6.07, 6.45) is 22.6. The number of fused-ring (bicyclic) bond motifs is 2. The van der Waals surface area contributed by atoms with Gasteiger partial charge in [0, 0.05) is 0 Å². The van der Waals surface area contributed by atoms with Crippen LogP contribution in [0.4, 0.5) is 0 Å². The van der Waals surface area contributed by atoms with Crippen molar-refractivity contribution in [2.75, 3.05) is 0 Å². The van der Waals surface area contributed by atoms with Gasteiger partial charge in [0.25, 0.3) is 0 Å². The monoisotopic (exact) mass is 589 g/mol. The summed E-state index contributed by atoms with van der Waals surface area (Å²) >= 11 is 0. The van der Waals surface area contributed by atoms with Crippen molar-refractivity contribution < 1.29 is 0 Å². The maximum absolute atomic E-state index is 4.07. The number of benzene rings is 2. The van der Waals surface area contributed by atoms with Gasteiger partial charge in [0.05, 0.1) is 0 Å². The number of rotatable bonds is 7. The molecule has 0 heteroatoms. The fourth-order valence-electron chi connectivity index (χ4n) is 7.88. The highest BCUT2D eigenvalue weighted by Gasteiger charge is 2.40. The molecule has 0 heterocycles. The van der Waals surface area contributed by atoms with Gasteiger partial charge in [-0.25, -0.2) is 0 Å². The average Bonchev–Trinajstić information content (AvgIpc) is 3.05. The topological polar surface area (TPSA) is 0 Å². The summed E-state index contributed by atoms with van der Waals surface area (Å²) in [4.78, 5) is 0. The number of aryl methyl sites for hydroxylation is 2. The van der Waals surface area contributed by atoms with Crippen LogP contribution in [0.25, 0.3) is 6.08 Å². The molecule has 2 aromatic rings. The second-order valence-electron chi connectivity index (χ2n) is 13.1. The molecule has 43 heavy (non-hydrogen) atoms. The van der Waals surface area contributed by atoms with Gasteiger partial charge in [-0.05, 0) is 103 Å². The Morgan fingerprint density at radius 2 is 1.47 bits per heavy atom. The Labute approximate surface area is 270 Å². The third-order valence-electron chi connectivity index (χ3n) is 10.6. The van der Waals surface area contributed by atoms with Crippen LogP contribution >= 0.6 is 0 Å². The summed E-state index contributed by atoms with van der Waals surface area (Å²) in [6, 6.07) is 14.3. The normalized spacial score (nSPS) is 19.4. The van der Waals surface area contributed by atoms with Crippen LogP contribution < -0.4 is 0 Å². The van der Waals surface area contributed by atoms with Crippen molar-refractivity contribution in [1.82, 2.24) is 0 Å². The zero-order chi connectivity index (χ0) is 32.3. The Morgan fingerprint density at radius 3 is 2.07 bits per heavy atom. The van der Waals surface area contributed by atoms with Crippen molar-refractivity contribution in [3.8, 4) is 0 Å². The van der Waals surface area contributed by atoms with Gasteiger partial charge in [-0.2, -0.15) is 0 Å². The molecule has 0 N–H and O–H groups in total. The molecule has 2 aromatic carbocycles. The van der Waals surface area contributed by atoms with Gasteiger partial charge in [0.2, 0.25) is 0 Å². The van der Waals surface area contributed by atoms with Crippen LogP contribution in [-0.4, -0.2) is 0 Å². The van der Waals surface area contributed by atoms with Crippen LogP contribution in [0.2, 0.25) is 0 Å². The number of hydrogen-bond donors (Lipinski definition) is 0. The van der Waals surface area contributed by atoms with Crippen molar-refractivity contribution in [3.63, 3.8) is 0 Å². The molecule has 0 radical (unpaired) electrons. The van der Waals surface area contributed by atoms with Gasteiger partial charge < -0.3 is 0 Å². The molecule has 0 bridgehead atoms. The van der Waals surface area contributed by atoms with Gasteiger partial charge in [0.15, 0.2) is 0 Å². The lowest BCUT2D eigenvalue weighted by Gasteiger charge is -2.45. The minimum Gasteiger partial charge on any atom is -0.0985 e. The fraction of sp³-hybridized carbons (Fsp3) is 0.674. The largest absolute Gasteiger partial charge is 0.0985 e. The Hall–Kier alpha value is -1.82. The summed E-state index contributed by atoms with van der Waals surface area (Å²) in [5.74, 6) is 2.41. The smallest absolute Gasteiger partial charge is 0.00187 e. The Balaban J connectivity index is 0.000000607. The van der Waals surface area contributed by atoms with Gasteiger partial charge in [-0.3, -0.25) is 0 Å². The van der Waals surface area contributed by atoms with Crippen LogP contribution in [0.5, 0.6) is 0 Å². The molecule has 0 aliphatic heterocycles. The molecule has 1 spiro atoms. The van der Waals surface area contributed by atoms with E-state index in [4.69, 9.17) is 0 Å². The molecular formula is C43H72. The average molecular weight is 589 g/mol. The molecule has 0 aromatic heterocycles. The lowest BCUT2D eigenvalue weighted by Crippen LogP contribution is -2.37. The maximum Gasteiger partial charge on any atom is -0.00187 e. The second kappa shape index (κ2) is 21.8. The van der Waals surface area contributed by atoms with Crippen molar-refractivity contribution >= 4 is 6.08 Å². The fourth-order valence-corrected chi connectivity index (χ4v) is 7.88. The van der Waals surface area contributed by atoms with E-state index in [2.05, 4.69) is 84.5 Å². The van der Waals surface area contributed by atoms with Crippen molar-refractivity contribution in [2.24, 2.45) is 11.8 Å². The molecule has 1 fully saturated rings. The Bertz CT molecular complexity index is 1000. The summed E-state index contributed by atoms with van der Waals surface area (Å²) in [5.41, 5.74) is 9.39. The van der Waals surface area contributed by atoms with E-state index in [1.54, 1.807) is 16.7 Å². The van der Waals surface area contributed by atoms with Gasteiger partial charge in [-0.15, -0.1) is 0 Å². The Kier molecular flexibility index (Phi) is 19.9. The standard InChI is InChI=1S/C30H40.C9H20.2C2H6/c1-5-25-21-28(23(3)19-22(25)2)26-14-8-7-13-24(4)30(17-11-6-12-18-30)29-16-10-9-15-27(29)20-26;1-4-7-8-9(5-2)6-3;2*1-2/h5,9-10,15-16,19,21,24,26H,1,6-8,11-14,17-18,20H2,2-4H3;9H,4-8H2,1-3H3;2*1-2H3. The van der Waals surface area contributed by atoms with Crippen LogP contribution in [0.15, 0.2) is 43.0 Å². The zero-order valence-electron chi connectivity index (χ0n) is 30.6. The maximum atomic E-state index is 4.07. The molecular weight excluding hydrogens is 516 g/mol. The molecule has 0 amide bonds. The summed E-state index contributed by atoms with van der Waals surface area (Å²) in [6.45, 7) is 26.0. The molecule has 2 unspecified atom stereocenters. The minimum atomic E-state index is 0.408. The van der Waals surface area contributed by atoms with Crippen LogP contribution in [0.1, 0.15) is 185 Å². The highest BCUT2D eigenvalue weighted by molar-refractivity contribution is 5.55. The van der Waals surface area contributed by atoms with Crippen LogP contribution in [0.3, 0.4) is 0 Å². The number of unbranched alkanes of at least 4 members (excludes halogenated alkanes) is 1. The minimum absolute atomic E-state index is 0.408. The van der Waals surface area contributed by atoms with E-state index in [0.29, 0.717) is 11.3 Å². The molecule has 0 nitrogen and oxygen atoms in total. The summed E-state index contributed by atoms with van der Waals surface area (Å²) in [5, 5.41) is 0. The van der Waals surface area contributed by atoms with Gasteiger partial charge >= 0.3 is 0 Å². The quantitative estimate of drug-likeness (QED) is 0.302. The van der Waals surface area contributed by atoms with Gasteiger partial charge in [-0.1, -0.05) is 169 Å². The lowest BCUT2D eigenvalue weighted by atomic mass is 9.59. The molecule has 2 aliphatic rings. The number of hydrogen-bond acceptors (Lipinski definition) is 0. The SMILES string of the molecule is C=Cc1cc(C2CCCCC(C)C3(CCCCC3)c3ccccc3C2)c(C)cc1C.CC.CC.CCCCC(CC)CC. The predicted octanol–water partition coefficient (Wildman–Crippen LogP) is 14.3. The van der Waals surface area contributed by atoms with E-state index in [0.717, 1.165) is 11.8 Å². The van der Waals surface area contributed by atoms with Crippen LogP contribution in [0, 0.1) is 25.7 Å². The molecule has 1 saturated carbocycles. The van der Waals surface area contributed by atoms with E-state index in [9.17, 15) is 0 Å². The first-order valence-corrected chi connectivity index (χ1v) is 18.7. The summed E-state index contributed by atoms with van der Waals surface area (Å²) < 4.78 is 0. The molecule has 0 saturated heterocycles. The first-order chi connectivity index (χ1) is 20.9. The summed E-state index contributed by atoms with van der Waals surface area (Å²) in [7, 11) is 0. The van der Waals surface area contributed by atoms with Crippen LogP contribution in [-0.2, 0) is 11.8 Å². The first-order valence-electron chi connectivity index (χ1n) is 18.7. The highest BCUT2D eigenvalue weighted by atomic mass is 14.4. The molecule has 4 rings (SSSR count). The highest BCUT2D eigenvalue weighted by Crippen LogP contribution is 2.49. The molecule has 244 valence electrons. The molecule has 2 aliphatic carbocycles. The van der Waals surface area contributed by atoms with E-state index >= 15 is 0 Å². The van der Waals surface area contributed by atoms with E-state index in [-0.39, 0.29) is 0 Å². The Morgan fingerprint density at radius 1 is 0.837 bits per heavy atom. The van der Waals surface area contributed by atoms with Crippen molar-refractivity contribution in [3.05, 3.63) is 76.4 Å². The zero-order valence-corrected chi connectivity index (χ0v) is 30.6. The van der Waals surface area contributed by atoms with E-state index < -0.39 is 0 Å². The second-order valence-corrected chi connectivity index (χ2v) is 13.1. The van der Waals surface area contributed by atoms with E-state index in [1.165, 1.54) is 113 Å². The lowest BCUT2D eigenvalue weighted by molar-refractivity contribution is 0.186. The predicted molar refractivity (Wildman–Crippen MR) is 198 cm³/mol. The van der Waals surface area contributed by atoms with Crippen molar-refractivity contribution in [2.45, 2.75) is 177 Å². The third kappa shape index (κ3) is 11.2. The first kappa shape index (κ1) is 39.2.